The molecule has 0 aliphatic heterocycles. The number of ether oxygens (including phenoxy) is 3. The summed E-state index contributed by atoms with van der Waals surface area (Å²) in [6, 6.07) is 9.17. The molecule has 0 radical (unpaired) electrons. The fraction of sp³-hybridized carbons (Fsp3) is 0.167. The number of hydrazone groups is 1. The number of amides is 1. The van der Waals surface area contributed by atoms with Crippen LogP contribution in [0.5, 0.6) is 17.2 Å². The molecule has 0 heterocycles. The second-order valence-electron chi connectivity index (χ2n) is 5.12. The molecule has 0 aliphatic carbocycles. The molecule has 0 fully saturated rings. The largest absolute Gasteiger partial charge is 0.507 e. The van der Waals surface area contributed by atoms with E-state index in [1.165, 1.54) is 38.6 Å². The smallest absolute Gasteiger partial charge is 0.343 e. The molecule has 0 atom stereocenters. The lowest BCUT2D eigenvalue weighted by atomic mass is 10.2. The minimum Gasteiger partial charge on any atom is -0.507 e. The highest BCUT2D eigenvalue weighted by Crippen LogP contribution is 2.36. The van der Waals surface area contributed by atoms with Crippen LogP contribution in [0.25, 0.3) is 0 Å². The number of benzene rings is 2. The van der Waals surface area contributed by atoms with Crippen molar-refractivity contribution in [2.75, 3.05) is 20.8 Å². The molecule has 0 aliphatic rings. The van der Waals surface area contributed by atoms with E-state index in [0.717, 1.165) is 0 Å². The van der Waals surface area contributed by atoms with E-state index < -0.39 is 11.9 Å². The highest BCUT2D eigenvalue weighted by Gasteiger charge is 2.14. The number of phenols is 1. The number of halogens is 1. The molecule has 8 nitrogen and oxygen atoms in total. The summed E-state index contributed by atoms with van der Waals surface area (Å²) in [6.45, 7) is -0.323. The molecule has 0 spiro atoms. The maximum absolute atomic E-state index is 12.0. The zero-order valence-electron chi connectivity index (χ0n) is 14.6. The molecular formula is C18H17ClN2O6. The number of nitrogens with zero attached hydrogens (tertiary/aromatic N) is 1. The van der Waals surface area contributed by atoms with Gasteiger partial charge in [0, 0.05) is 0 Å². The fourth-order valence-corrected chi connectivity index (χ4v) is 2.31. The minimum atomic E-state index is -0.569. The average Bonchev–Trinajstić information content (AvgIpc) is 2.66. The number of phenolic OH excluding ortho intramolecular Hbond substituents is 1. The quantitative estimate of drug-likeness (QED) is 0.425. The van der Waals surface area contributed by atoms with E-state index in [1.54, 1.807) is 18.2 Å². The first kappa shape index (κ1) is 20.1. The molecule has 2 N–H and O–H groups in total. The number of methoxy groups -OCH3 is 2. The van der Waals surface area contributed by atoms with Crippen molar-refractivity contribution < 1.29 is 28.9 Å². The molecule has 2 rings (SSSR count). The monoisotopic (exact) mass is 392 g/mol. The summed E-state index contributed by atoms with van der Waals surface area (Å²) in [6.07, 6.45) is 1.34. The van der Waals surface area contributed by atoms with Crippen molar-refractivity contribution in [3.05, 3.63) is 52.5 Å². The number of carbonyl (C=O) groups excluding carboxylic acids is 2. The summed E-state index contributed by atoms with van der Waals surface area (Å²) in [4.78, 5) is 23.2. The van der Waals surface area contributed by atoms with Crippen molar-refractivity contribution in [2.24, 2.45) is 5.10 Å². The van der Waals surface area contributed by atoms with E-state index in [-0.39, 0.29) is 34.4 Å². The van der Waals surface area contributed by atoms with Crippen LogP contribution >= 0.6 is 11.6 Å². The summed E-state index contributed by atoms with van der Waals surface area (Å²) in [7, 11) is 2.66. The van der Waals surface area contributed by atoms with Crippen molar-refractivity contribution >= 4 is 29.7 Å². The van der Waals surface area contributed by atoms with Gasteiger partial charge < -0.3 is 19.3 Å². The van der Waals surface area contributed by atoms with E-state index in [4.69, 9.17) is 21.1 Å². The van der Waals surface area contributed by atoms with Crippen LogP contribution in [0.15, 0.2) is 41.5 Å². The van der Waals surface area contributed by atoms with E-state index in [2.05, 4.69) is 15.3 Å². The number of nitrogens with one attached hydrogen (secondary N) is 1. The third-order valence-electron chi connectivity index (χ3n) is 3.34. The Bertz CT molecular complexity index is 869. The lowest BCUT2D eigenvalue weighted by Gasteiger charge is -2.12. The number of aromatic hydroxyl groups is 1. The normalized spacial score (nSPS) is 10.5. The predicted octanol–water partition coefficient (Wildman–Crippen LogP) is 2.37. The summed E-state index contributed by atoms with van der Waals surface area (Å²) < 4.78 is 15.0. The number of rotatable bonds is 7. The Balaban J connectivity index is 2.11. The number of carbonyl (C=O) groups is 2. The Morgan fingerprint density at radius 3 is 2.67 bits per heavy atom. The molecule has 9 heteroatoms. The van der Waals surface area contributed by atoms with Gasteiger partial charge in [-0.25, -0.2) is 10.2 Å². The Morgan fingerprint density at radius 2 is 2.00 bits per heavy atom. The van der Waals surface area contributed by atoms with E-state index >= 15 is 0 Å². The van der Waals surface area contributed by atoms with Gasteiger partial charge in [0.25, 0.3) is 5.91 Å². The first-order chi connectivity index (χ1) is 13.0. The van der Waals surface area contributed by atoms with Crippen molar-refractivity contribution in [3.63, 3.8) is 0 Å². The molecule has 0 unspecified atom stereocenters. The first-order valence-electron chi connectivity index (χ1n) is 7.64. The van der Waals surface area contributed by atoms with Crippen molar-refractivity contribution in [1.82, 2.24) is 5.43 Å². The highest BCUT2D eigenvalue weighted by molar-refractivity contribution is 6.32. The third kappa shape index (κ3) is 5.35. The van der Waals surface area contributed by atoms with E-state index in [1.807, 2.05) is 0 Å². The zero-order chi connectivity index (χ0) is 19.8. The Morgan fingerprint density at radius 1 is 1.26 bits per heavy atom. The van der Waals surface area contributed by atoms with Crippen molar-refractivity contribution in [2.45, 2.75) is 0 Å². The molecule has 1 amide bonds. The van der Waals surface area contributed by atoms with Crippen LogP contribution in [-0.2, 0) is 9.53 Å². The molecular weight excluding hydrogens is 376 g/mol. The summed E-state index contributed by atoms with van der Waals surface area (Å²) in [5.41, 5.74) is 2.91. The van der Waals surface area contributed by atoms with Gasteiger partial charge in [0.1, 0.15) is 5.75 Å². The SMILES string of the molecule is COC(=O)COc1c(Cl)cc(/C=N\NC(=O)c2ccccc2O)cc1OC. The molecule has 0 aromatic heterocycles. The van der Waals surface area contributed by atoms with Gasteiger partial charge in [-0.15, -0.1) is 0 Å². The molecule has 0 saturated carbocycles. The van der Waals surface area contributed by atoms with Gasteiger partial charge in [0.15, 0.2) is 18.1 Å². The van der Waals surface area contributed by atoms with Gasteiger partial charge in [0.2, 0.25) is 0 Å². The topological polar surface area (TPSA) is 106 Å². The third-order valence-corrected chi connectivity index (χ3v) is 3.62. The van der Waals surface area contributed by atoms with Crippen molar-refractivity contribution in [1.29, 1.82) is 0 Å². The fourth-order valence-electron chi connectivity index (χ4n) is 2.04. The minimum absolute atomic E-state index is 0.0943. The number of para-hydroxylation sites is 1. The lowest BCUT2D eigenvalue weighted by molar-refractivity contribution is -0.142. The number of esters is 1. The van der Waals surface area contributed by atoms with Gasteiger partial charge >= 0.3 is 5.97 Å². The maximum Gasteiger partial charge on any atom is 0.343 e. The van der Waals surface area contributed by atoms with Crippen LogP contribution < -0.4 is 14.9 Å². The van der Waals surface area contributed by atoms with Gasteiger partial charge in [-0.2, -0.15) is 5.10 Å². The Hall–Kier alpha value is -3.26. The molecule has 2 aromatic rings. The van der Waals surface area contributed by atoms with Crippen LogP contribution in [0.2, 0.25) is 5.02 Å². The Kier molecular flexibility index (Phi) is 7.01. The first-order valence-corrected chi connectivity index (χ1v) is 8.02. The lowest BCUT2D eigenvalue weighted by Crippen LogP contribution is -2.17. The van der Waals surface area contributed by atoms with Gasteiger partial charge in [-0.1, -0.05) is 23.7 Å². The Labute approximate surface area is 160 Å². The summed E-state index contributed by atoms with van der Waals surface area (Å²) in [5, 5.41) is 13.7. The maximum atomic E-state index is 12.0. The van der Waals surface area contributed by atoms with E-state index in [0.29, 0.717) is 5.56 Å². The molecule has 27 heavy (non-hydrogen) atoms. The van der Waals surface area contributed by atoms with Crippen LogP contribution in [-0.4, -0.2) is 44.0 Å². The van der Waals surface area contributed by atoms with Crippen LogP contribution in [0.3, 0.4) is 0 Å². The molecule has 142 valence electrons. The summed E-state index contributed by atoms with van der Waals surface area (Å²) in [5.74, 6) is -0.826. The molecule has 0 bridgehead atoms. The van der Waals surface area contributed by atoms with Gasteiger partial charge in [0.05, 0.1) is 31.0 Å². The standard InChI is InChI=1S/C18H17ClN2O6/c1-25-15-8-11(7-13(19)17(15)27-10-16(23)26-2)9-20-21-18(24)12-5-3-4-6-14(12)22/h3-9,22H,10H2,1-2H3,(H,21,24)/b20-9-. The van der Waals surface area contributed by atoms with Crippen LogP contribution in [0.1, 0.15) is 15.9 Å². The highest BCUT2D eigenvalue weighted by atomic mass is 35.5. The second-order valence-corrected chi connectivity index (χ2v) is 5.52. The predicted molar refractivity (Wildman–Crippen MR) is 98.7 cm³/mol. The molecule has 2 aromatic carbocycles. The molecule has 0 saturated heterocycles. The van der Waals surface area contributed by atoms with Crippen molar-refractivity contribution in [3.8, 4) is 17.2 Å². The van der Waals surface area contributed by atoms with Crippen LogP contribution in [0, 0.1) is 0 Å². The van der Waals surface area contributed by atoms with E-state index in [9.17, 15) is 14.7 Å². The number of hydrogen-bond acceptors (Lipinski definition) is 7. The van der Waals surface area contributed by atoms with Crippen LogP contribution in [0.4, 0.5) is 0 Å². The number of hydrogen-bond donors (Lipinski definition) is 2. The summed E-state index contributed by atoms with van der Waals surface area (Å²) >= 11 is 6.16. The zero-order valence-corrected chi connectivity index (χ0v) is 15.3. The van der Waals surface area contributed by atoms with Gasteiger partial charge in [-0.3, -0.25) is 4.79 Å². The average molecular weight is 393 g/mol. The second kappa shape index (κ2) is 9.44. The van der Waals surface area contributed by atoms with Gasteiger partial charge in [-0.05, 0) is 29.8 Å².